The lowest BCUT2D eigenvalue weighted by Crippen LogP contribution is -2.42. The van der Waals surface area contributed by atoms with Gasteiger partial charge in [-0.1, -0.05) is 56.0 Å². The van der Waals surface area contributed by atoms with Gasteiger partial charge in [-0.15, -0.1) is 0 Å². The minimum Gasteiger partial charge on any atom is -0.488 e. The molecule has 3 aromatic rings. The molecule has 1 saturated heterocycles. The summed E-state index contributed by atoms with van der Waals surface area (Å²) >= 11 is 2.32. The SMILES string of the molecule is CN(c1nc(Nc2ccc(OCc3ccccc3)c(I)c2)nc(NC2CCCCCC2)n1)C1CCNCC1. The summed E-state index contributed by atoms with van der Waals surface area (Å²) in [6.07, 6.45) is 9.63. The van der Waals surface area contributed by atoms with E-state index in [9.17, 15) is 0 Å². The largest absolute Gasteiger partial charge is 0.488 e. The van der Waals surface area contributed by atoms with Gasteiger partial charge in [0.1, 0.15) is 12.4 Å². The Kier molecular flexibility index (Phi) is 9.51. The van der Waals surface area contributed by atoms with Gasteiger partial charge in [0, 0.05) is 24.8 Å². The Morgan fingerprint density at radius 1 is 0.921 bits per heavy atom. The summed E-state index contributed by atoms with van der Waals surface area (Å²) < 4.78 is 7.09. The third kappa shape index (κ3) is 7.47. The lowest BCUT2D eigenvalue weighted by molar-refractivity contribution is 0.304. The van der Waals surface area contributed by atoms with Crippen molar-refractivity contribution >= 4 is 46.1 Å². The first-order valence-corrected chi connectivity index (χ1v) is 14.9. The molecule has 8 nitrogen and oxygen atoms in total. The van der Waals surface area contributed by atoms with Crippen LogP contribution in [0.5, 0.6) is 5.75 Å². The highest BCUT2D eigenvalue weighted by Gasteiger charge is 2.22. The van der Waals surface area contributed by atoms with E-state index in [1.54, 1.807) is 0 Å². The van der Waals surface area contributed by atoms with Crippen molar-refractivity contribution in [2.75, 3.05) is 35.7 Å². The average Bonchev–Trinajstić information content (AvgIpc) is 3.22. The predicted octanol–water partition coefficient (Wildman–Crippen LogP) is 6.12. The first-order chi connectivity index (χ1) is 18.6. The fourth-order valence-electron chi connectivity index (χ4n) is 5.17. The Balaban J connectivity index is 1.33. The zero-order valence-electron chi connectivity index (χ0n) is 22.1. The van der Waals surface area contributed by atoms with E-state index in [1.807, 2.05) is 30.3 Å². The quantitative estimate of drug-likeness (QED) is 0.193. The molecule has 0 radical (unpaired) electrons. The smallest absolute Gasteiger partial charge is 0.233 e. The Bertz CT molecular complexity index is 1160. The van der Waals surface area contributed by atoms with Gasteiger partial charge >= 0.3 is 0 Å². The summed E-state index contributed by atoms with van der Waals surface area (Å²) in [6.45, 7) is 2.59. The van der Waals surface area contributed by atoms with Crippen LogP contribution in [0.3, 0.4) is 0 Å². The van der Waals surface area contributed by atoms with Gasteiger partial charge in [0.05, 0.1) is 3.57 Å². The molecule has 9 heteroatoms. The number of nitrogens with zero attached hydrogens (tertiary/aromatic N) is 4. The fourth-order valence-corrected chi connectivity index (χ4v) is 5.84. The molecule has 3 N–H and O–H groups in total. The molecular weight excluding hydrogens is 589 g/mol. The highest BCUT2D eigenvalue weighted by atomic mass is 127. The molecule has 0 unspecified atom stereocenters. The van der Waals surface area contributed by atoms with E-state index in [-0.39, 0.29) is 0 Å². The van der Waals surface area contributed by atoms with Crippen molar-refractivity contribution in [3.63, 3.8) is 0 Å². The highest BCUT2D eigenvalue weighted by Crippen LogP contribution is 2.28. The van der Waals surface area contributed by atoms with E-state index in [0.29, 0.717) is 36.5 Å². The second-order valence-electron chi connectivity index (χ2n) is 10.3. The van der Waals surface area contributed by atoms with Crippen LogP contribution < -0.4 is 25.6 Å². The molecule has 38 heavy (non-hydrogen) atoms. The molecule has 5 rings (SSSR count). The van der Waals surface area contributed by atoms with Crippen LogP contribution in [0.2, 0.25) is 0 Å². The predicted molar refractivity (Wildman–Crippen MR) is 162 cm³/mol. The normalized spacial score (nSPS) is 17.0. The van der Waals surface area contributed by atoms with Gasteiger partial charge in [0.15, 0.2) is 0 Å². The van der Waals surface area contributed by atoms with Crippen LogP contribution in [0.25, 0.3) is 0 Å². The minimum atomic E-state index is 0.409. The first-order valence-electron chi connectivity index (χ1n) is 13.8. The number of nitrogens with one attached hydrogen (secondary N) is 3. The van der Waals surface area contributed by atoms with Crippen LogP contribution in [-0.2, 0) is 6.61 Å². The number of aromatic nitrogens is 3. The third-order valence-electron chi connectivity index (χ3n) is 7.41. The van der Waals surface area contributed by atoms with Gasteiger partial charge in [-0.3, -0.25) is 0 Å². The second-order valence-corrected chi connectivity index (χ2v) is 11.4. The van der Waals surface area contributed by atoms with E-state index in [1.165, 1.54) is 25.7 Å². The molecule has 1 aromatic heterocycles. The van der Waals surface area contributed by atoms with Gasteiger partial charge in [-0.2, -0.15) is 15.0 Å². The maximum atomic E-state index is 6.06. The number of hydrogen-bond acceptors (Lipinski definition) is 8. The summed E-state index contributed by atoms with van der Waals surface area (Å²) in [6, 6.07) is 17.1. The van der Waals surface area contributed by atoms with Gasteiger partial charge in [-0.05, 0) is 85.1 Å². The number of piperidine rings is 1. The summed E-state index contributed by atoms with van der Waals surface area (Å²) in [5.41, 5.74) is 2.07. The summed E-state index contributed by atoms with van der Waals surface area (Å²) in [4.78, 5) is 16.7. The van der Waals surface area contributed by atoms with E-state index in [0.717, 1.165) is 59.3 Å². The molecule has 2 heterocycles. The highest BCUT2D eigenvalue weighted by molar-refractivity contribution is 14.1. The van der Waals surface area contributed by atoms with Crippen molar-refractivity contribution in [1.82, 2.24) is 20.3 Å². The first kappa shape index (κ1) is 26.9. The number of hydrogen-bond donors (Lipinski definition) is 3. The van der Waals surface area contributed by atoms with Crippen molar-refractivity contribution in [3.8, 4) is 5.75 Å². The monoisotopic (exact) mass is 627 g/mol. The van der Waals surface area contributed by atoms with E-state index in [2.05, 4.69) is 68.7 Å². The lowest BCUT2D eigenvalue weighted by Gasteiger charge is -2.32. The number of benzene rings is 2. The molecule has 0 bridgehead atoms. The Morgan fingerprint density at radius 3 is 2.39 bits per heavy atom. The molecule has 2 aromatic carbocycles. The Labute approximate surface area is 239 Å². The Hall–Kier alpha value is -2.66. The van der Waals surface area contributed by atoms with Crippen molar-refractivity contribution in [2.45, 2.75) is 70.1 Å². The van der Waals surface area contributed by atoms with Crippen molar-refractivity contribution in [1.29, 1.82) is 0 Å². The summed E-state index contributed by atoms with van der Waals surface area (Å²) in [7, 11) is 2.10. The maximum absolute atomic E-state index is 6.06. The molecule has 2 aliphatic rings. The minimum absolute atomic E-state index is 0.409. The van der Waals surface area contributed by atoms with E-state index < -0.39 is 0 Å². The topological polar surface area (TPSA) is 87.2 Å². The van der Waals surface area contributed by atoms with E-state index >= 15 is 0 Å². The van der Waals surface area contributed by atoms with E-state index in [4.69, 9.17) is 19.7 Å². The van der Waals surface area contributed by atoms with Crippen molar-refractivity contribution in [3.05, 3.63) is 57.7 Å². The molecule has 1 saturated carbocycles. The van der Waals surface area contributed by atoms with Crippen LogP contribution in [0.1, 0.15) is 56.9 Å². The number of halogens is 1. The Morgan fingerprint density at radius 2 is 1.66 bits per heavy atom. The van der Waals surface area contributed by atoms with Crippen molar-refractivity contribution < 1.29 is 4.74 Å². The summed E-state index contributed by atoms with van der Waals surface area (Å²) in [5, 5.41) is 10.5. The van der Waals surface area contributed by atoms with Gasteiger partial charge in [0.2, 0.25) is 17.8 Å². The third-order valence-corrected chi connectivity index (χ3v) is 8.25. The fraction of sp³-hybridized carbons (Fsp3) is 0.483. The number of ether oxygens (including phenoxy) is 1. The lowest BCUT2D eigenvalue weighted by atomic mass is 10.1. The summed E-state index contributed by atoms with van der Waals surface area (Å²) in [5.74, 6) is 2.78. The molecule has 202 valence electrons. The molecule has 0 amide bonds. The van der Waals surface area contributed by atoms with Crippen LogP contribution in [0.15, 0.2) is 48.5 Å². The van der Waals surface area contributed by atoms with Crippen molar-refractivity contribution in [2.24, 2.45) is 0 Å². The molecule has 0 atom stereocenters. The molecular formula is C29H38IN7O. The standard InChI is InChI=1S/C29H38IN7O/c1-37(24-15-17-31-18-16-24)29-35-27(32-22-11-7-2-3-8-12-22)34-28(36-29)33-23-13-14-26(25(30)19-23)38-20-21-9-5-4-6-10-21/h4-6,9-10,13-14,19,22,24,31H,2-3,7-8,11-12,15-18,20H2,1H3,(H2,32,33,34,35,36). The van der Waals surface area contributed by atoms with Gasteiger partial charge in [-0.25, -0.2) is 0 Å². The zero-order chi connectivity index (χ0) is 26.2. The van der Waals surface area contributed by atoms with Crippen LogP contribution >= 0.6 is 22.6 Å². The van der Waals surface area contributed by atoms with Crippen LogP contribution in [0.4, 0.5) is 23.5 Å². The molecule has 1 aliphatic heterocycles. The zero-order valence-corrected chi connectivity index (χ0v) is 24.3. The average molecular weight is 628 g/mol. The number of rotatable bonds is 9. The number of anilines is 4. The van der Waals surface area contributed by atoms with Gasteiger partial charge in [0.25, 0.3) is 0 Å². The molecule has 2 fully saturated rings. The second kappa shape index (κ2) is 13.4. The maximum Gasteiger partial charge on any atom is 0.233 e. The molecule has 1 aliphatic carbocycles. The van der Waals surface area contributed by atoms with Gasteiger partial charge < -0.3 is 25.6 Å². The van der Waals surface area contributed by atoms with Crippen LogP contribution in [-0.4, -0.2) is 47.2 Å². The molecule has 0 spiro atoms. The van der Waals surface area contributed by atoms with Crippen LogP contribution in [0, 0.1) is 3.57 Å².